The topological polar surface area (TPSA) is 99.4 Å². The number of aliphatic hydroxyl groups excluding tert-OH is 4. The van der Waals surface area contributed by atoms with E-state index in [1.54, 1.807) is 0 Å². The molecule has 3 fully saturated rings. The second kappa shape index (κ2) is 9.12. The van der Waals surface area contributed by atoms with Gasteiger partial charge in [0.2, 0.25) is 0 Å². The molecule has 3 aliphatic rings. The van der Waals surface area contributed by atoms with Crippen molar-refractivity contribution in [1.29, 1.82) is 0 Å². The molecule has 172 valence electrons. The van der Waals surface area contributed by atoms with E-state index in [-0.39, 0.29) is 0 Å². The van der Waals surface area contributed by atoms with E-state index in [0.29, 0.717) is 12.0 Å². The highest BCUT2D eigenvalue weighted by Crippen LogP contribution is 2.43. The molecule has 6 nitrogen and oxygen atoms in total. The van der Waals surface area contributed by atoms with Crippen molar-refractivity contribution in [3.05, 3.63) is 64.7 Å². The molecule has 0 radical (unpaired) electrons. The van der Waals surface area contributed by atoms with Crippen LogP contribution in [0.5, 0.6) is 5.75 Å². The molecule has 0 unspecified atom stereocenters. The Bertz CT molecular complexity index is 918. The van der Waals surface area contributed by atoms with Crippen LogP contribution in [0.25, 0.3) is 0 Å². The van der Waals surface area contributed by atoms with Gasteiger partial charge < -0.3 is 29.9 Å². The van der Waals surface area contributed by atoms with Crippen molar-refractivity contribution < 1.29 is 29.9 Å². The Morgan fingerprint density at radius 3 is 2.25 bits per heavy atom. The van der Waals surface area contributed by atoms with Gasteiger partial charge in [-0.3, -0.25) is 0 Å². The van der Waals surface area contributed by atoms with Crippen LogP contribution in [0.15, 0.2) is 42.5 Å². The van der Waals surface area contributed by atoms with Gasteiger partial charge in [-0.2, -0.15) is 0 Å². The first-order valence-electron chi connectivity index (χ1n) is 11.7. The molecule has 0 aromatic heterocycles. The highest BCUT2D eigenvalue weighted by atomic mass is 16.5. The molecule has 1 heterocycles. The third-order valence-electron chi connectivity index (χ3n) is 7.08. The second-order valence-electron chi connectivity index (χ2n) is 9.47. The van der Waals surface area contributed by atoms with Crippen molar-refractivity contribution in [2.45, 2.75) is 81.1 Å². The number of aliphatic hydroxyl groups is 4. The zero-order valence-corrected chi connectivity index (χ0v) is 18.1. The first-order valence-corrected chi connectivity index (χ1v) is 11.7. The number of ether oxygens (including phenoxy) is 2. The summed E-state index contributed by atoms with van der Waals surface area (Å²) in [5.41, 5.74) is 4.41. The minimum absolute atomic E-state index is 0.359. The number of hydrogen-bond donors (Lipinski definition) is 4. The Morgan fingerprint density at radius 2 is 1.62 bits per heavy atom. The summed E-state index contributed by atoms with van der Waals surface area (Å²) >= 11 is 0. The highest BCUT2D eigenvalue weighted by molar-refractivity contribution is 5.42. The zero-order chi connectivity index (χ0) is 22.2. The predicted molar refractivity (Wildman–Crippen MR) is 119 cm³/mol. The molecular formula is C26H32O6. The van der Waals surface area contributed by atoms with Gasteiger partial charge in [-0.05, 0) is 78.8 Å². The van der Waals surface area contributed by atoms with Crippen molar-refractivity contribution in [3.8, 4) is 5.75 Å². The van der Waals surface area contributed by atoms with Gasteiger partial charge >= 0.3 is 0 Å². The summed E-state index contributed by atoms with van der Waals surface area (Å²) in [7, 11) is 0. The normalized spacial score (nSPS) is 30.7. The molecule has 32 heavy (non-hydrogen) atoms. The summed E-state index contributed by atoms with van der Waals surface area (Å²) in [6.45, 7) is -0.427. The molecule has 1 aliphatic heterocycles. The van der Waals surface area contributed by atoms with Crippen LogP contribution in [0, 0.1) is 0 Å². The van der Waals surface area contributed by atoms with Crippen LogP contribution in [0.4, 0.5) is 0 Å². The number of benzene rings is 2. The Morgan fingerprint density at radius 1 is 0.875 bits per heavy atom. The van der Waals surface area contributed by atoms with Gasteiger partial charge in [-0.15, -0.1) is 0 Å². The molecule has 5 atom stereocenters. The van der Waals surface area contributed by atoms with Gasteiger partial charge in [0, 0.05) is 0 Å². The minimum Gasteiger partial charge on any atom is -0.490 e. The fourth-order valence-electron chi connectivity index (χ4n) is 4.71. The van der Waals surface area contributed by atoms with E-state index in [4.69, 9.17) is 9.47 Å². The molecular weight excluding hydrogens is 408 g/mol. The van der Waals surface area contributed by atoms with Gasteiger partial charge in [-0.1, -0.05) is 30.3 Å². The maximum absolute atomic E-state index is 10.5. The molecule has 2 aromatic rings. The SMILES string of the molecule is OC[C@H]1O[C@@H](c2ccc(C3CC3)c(Cc3ccc(OC4CCC4)cc3)c2)[C@H](O)[C@@H](O)[C@@H]1O. The summed E-state index contributed by atoms with van der Waals surface area (Å²) in [6, 6.07) is 14.3. The molecule has 0 amide bonds. The van der Waals surface area contributed by atoms with Crippen LogP contribution in [0.3, 0.4) is 0 Å². The average molecular weight is 441 g/mol. The maximum atomic E-state index is 10.5. The Kier molecular flexibility index (Phi) is 6.23. The summed E-state index contributed by atoms with van der Waals surface area (Å²) in [5, 5.41) is 40.3. The van der Waals surface area contributed by atoms with E-state index < -0.39 is 37.1 Å². The van der Waals surface area contributed by atoms with Crippen LogP contribution >= 0.6 is 0 Å². The quantitative estimate of drug-likeness (QED) is 0.528. The number of hydrogen-bond acceptors (Lipinski definition) is 6. The lowest BCUT2D eigenvalue weighted by Crippen LogP contribution is -2.55. The monoisotopic (exact) mass is 440 g/mol. The van der Waals surface area contributed by atoms with Gasteiger partial charge in [0.05, 0.1) is 12.7 Å². The van der Waals surface area contributed by atoms with E-state index in [2.05, 4.69) is 18.2 Å². The second-order valence-corrected chi connectivity index (χ2v) is 9.47. The van der Waals surface area contributed by atoms with Gasteiger partial charge in [-0.25, -0.2) is 0 Å². The highest BCUT2D eigenvalue weighted by Gasteiger charge is 2.44. The third kappa shape index (κ3) is 4.43. The van der Waals surface area contributed by atoms with Gasteiger partial charge in [0.15, 0.2) is 0 Å². The lowest BCUT2D eigenvalue weighted by atomic mass is 9.88. The van der Waals surface area contributed by atoms with Crippen molar-refractivity contribution in [2.24, 2.45) is 0 Å². The fraction of sp³-hybridized carbons (Fsp3) is 0.538. The number of rotatable bonds is 7. The van der Waals surface area contributed by atoms with E-state index in [1.807, 2.05) is 24.3 Å². The predicted octanol–water partition coefficient (Wildman–Crippen LogP) is 2.60. The molecule has 2 saturated carbocycles. The Hall–Kier alpha value is -1.96. The molecule has 0 bridgehead atoms. The van der Waals surface area contributed by atoms with E-state index in [9.17, 15) is 20.4 Å². The Balaban J connectivity index is 1.37. The van der Waals surface area contributed by atoms with Gasteiger partial charge in [0.1, 0.15) is 36.3 Å². The summed E-state index contributed by atoms with van der Waals surface area (Å²) in [4.78, 5) is 0. The standard InChI is InChI=1S/C26H32O6/c27-14-22-23(28)24(29)25(30)26(32-22)17-8-11-21(16-6-7-16)18(13-17)12-15-4-9-20(10-5-15)31-19-2-1-3-19/h4-5,8-11,13,16,19,22-30H,1-3,6-7,12,14H2/t22-,23-,24+,25-,26+/m1/s1. The lowest BCUT2D eigenvalue weighted by molar-refractivity contribution is -0.231. The van der Waals surface area contributed by atoms with Crippen LogP contribution in [0.2, 0.25) is 0 Å². The van der Waals surface area contributed by atoms with Crippen LogP contribution in [-0.2, 0) is 11.2 Å². The van der Waals surface area contributed by atoms with Crippen molar-refractivity contribution in [2.75, 3.05) is 6.61 Å². The van der Waals surface area contributed by atoms with Crippen molar-refractivity contribution >= 4 is 0 Å². The summed E-state index contributed by atoms with van der Waals surface area (Å²) < 4.78 is 11.7. The zero-order valence-electron chi connectivity index (χ0n) is 18.1. The first-order chi connectivity index (χ1) is 15.5. The molecule has 1 saturated heterocycles. The first kappa shape index (κ1) is 21.9. The fourth-order valence-corrected chi connectivity index (χ4v) is 4.71. The third-order valence-corrected chi connectivity index (χ3v) is 7.08. The largest absolute Gasteiger partial charge is 0.490 e. The molecule has 6 heteroatoms. The molecule has 4 N–H and O–H groups in total. The average Bonchev–Trinajstić information content (AvgIpc) is 3.61. The lowest BCUT2D eigenvalue weighted by Gasteiger charge is -2.40. The molecule has 0 spiro atoms. The van der Waals surface area contributed by atoms with Gasteiger partial charge in [0.25, 0.3) is 0 Å². The summed E-state index contributed by atoms with van der Waals surface area (Å²) in [6.07, 6.45) is 1.28. The molecule has 2 aliphatic carbocycles. The minimum atomic E-state index is -1.37. The van der Waals surface area contributed by atoms with Crippen molar-refractivity contribution in [1.82, 2.24) is 0 Å². The molecule has 5 rings (SSSR count). The van der Waals surface area contributed by atoms with Crippen molar-refractivity contribution in [3.63, 3.8) is 0 Å². The van der Waals surface area contributed by atoms with Crippen LogP contribution in [-0.4, -0.2) is 57.6 Å². The van der Waals surface area contributed by atoms with Crippen LogP contribution in [0.1, 0.15) is 66.4 Å². The Labute approximate surface area is 188 Å². The van der Waals surface area contributed by atoms with E-state index in [0.717, 1.165) is 30.6 Å². The summed E-state index contributed by atoms with van der Waals surface area (Å²) in [5.74, 6) is 1.48. The van der Waals surface area contributed by atoms with E-state index >= 15 is 0 Å². The molecule has 2 aromatic carbocycles. The van der Waals surface area contributed by atoms with E-state index in [1.165, 1.54) is 36.0 Å². The maximum Gasteiger partial charge on any atom is 0.119 e. The van der Waals surface area contributed by atoms with Crippen LogP contribution < -0.4 is 4.74 Å². The smallest absolute Gasteiger partial charge is 0.119 e.